The van der Waals surface area contributed by atoms with Crippen LogP contribution < -0.4 is 5.73 Å². The van der Waals surface area contributed by atoms with Crippen LogP contribution in [-0.2, 0) is 10.0 Å². The van der Waals surface area contributed by atoms with Crippen molar-refractivity contribution in [2.24, 2.45) is 11.1 Å². The minimum atomic E-state index is -4.68. The highest BCUT2D eigenvalue weighted by molar-refractivity contribution is 7.89. The molecule has 0 aromatic heterocycles. The van der Waals surface area contributed by atoms with Crippen LogP contribution in [0.3, 0.4) is 0 Å². The van der Waals surface area contributed by atoms with Crippen LogP contribution in [0.2, 0.25) is 0 Å². The van der Waals surface area contributed by atoms with Crippen molar-refractivity contribution in [1.82, 2.24) is 4.31 Å². The van der Waals surface area contributed by atoms with Gasteiger partial charge in [0.2, 0.25) is 10.0 Å². The number of rotatable bonds is 3. The molecule has 1 heterocycles. The molecule has 1 aromatic rings. The summed E-state index contributed by atoms with van der Waals surface area (Å²) in [4.78, 5) is -1.60. The maximum absolute atomic E-state index is 13.7. The Bertz CT molecular complexity index is 654. The lowest BCUT2D eigenvalue weighted by molar-refractivity contribution is 0.346. The van der Waals surface area contributed by atoms with Gasteiger partial charge in [-0.3, -0.25) is 0 Å². The summed E-state index contributed by atoms with van der Waals surface area (Å²) >= 11 is 0. The van der Waals surface area contributed by atoms with Crippen molar-refractivity contribution in [3.8, 4) is 0 Å². The van der Waals surface area contributed by atoms with Crippen molar-refractivity contribution in [1.29, 1.82) is 0 Å². The number of nitrogens with zero attached hydrogens (tertiary/aromatic N) is 1. The molecule has 1 aliphatic heterocycles. The van der Waals surface area contributed by atoms with Gasteiger partial charge in [0.05, 0.1) is 0 Å². The number of hydrogen-bond donors (Lipinski definition) is 1. The van der Waals surface area contributed by atoms with E-state index in [0.717, 1.165) is 4.31 Å². The van der Waals surface area contributed by atoms with Crippen LogP contribution in [0.4, 0.5) is 17.6 Å². The summed E-state index contributed by atoms with van der Waals surface area (Å²) in [6, 6.07) is -0.0301. The van der Waals surface area contributed by atoms with Gasteiger partial charge in [-0.25, -0.2) is 26.0 Å². The molecule has 21 heavy (non-hydrogen) atoms. The average molecular weight is 326 g/mol. The second kappa shape index (κ2) is 5.22. The minimum Gasteiger partial charge on any atom is -0.330 e. The molecule has 1 fully saturated rings. The highest BCUT2D eigenvalue weighted by Crippen LogP contribution is 2.34. The molecule has 118 valence electrons. The van der Waals surface area contributed by atoms with E-state index >= 15 is 0 Å². The Morgan fingerprint density at radius 2 is 1.76 bits per heavy atom. The van der Waals surface area contributed by atoms with Gasteiger partial charge in [-0.2, -0.15) is 4.31 Å². The van der Waals surface area contributed by atoms with Crippen molar-refractivity contribution >= 4 is 10.0 Å². The molecule has 2 rings (SSSR count). The summed E-state index contributed by atoms with van der Waals surface area (Å²) in [6.45, 7) is 1.82. The smallest absolute Gasteiger partial charge is 0.249 e. The van der Waals surface area contributed by atoms with Crippen molar-refractivity contribution in [3.63, 3.8) is 0 Å². The third kappa shape index (κ3) is 2.65. The maximum Gasteiger partial charge on any atom is 0.249 e. The lowest BCUT2D eigenvalue weighted by atomic mass is 9.90. The van der Waals surface area contributed by atoms with Gasteiger partial charge in [0, 0.05) is 19.2 Å². The Labute approximate surface area is 119 Å². The SMILES string of the molecule is CC1(CN)CCN(S(=O)(=O)c2c(F)c(F)cc(F)c2F)C1. The predicted molar refractivity (Wildman–Crippen MR) is 66.8 cm³/mol. The molecule has 9 heteroatoms. The van der Waals surface area contributed by atoms with E-state index in [-0.39, 0.29) is 25.7 Å². The second-order valence-corrected chi connectivity index (χ2v) is 7.28. The van der Waals surface area contributed by atoms with E-state index in [0.29, 0.717) is 6.42 Å². The summed E-state index contributed by atoms with van der Waals surface area (Å²) in [7, 11) is -4.68. The molecule has 0 bridgehead atoms. The molecule has 0 radical (unpaired) electrons. The summed E-state index contributed by atoms with van der Waals surface area (Å²) in [6.07, 6.45) is 0.393. The summed E-state index contributed by atoms with van der Waals surface area (Å²) in [5.74, 6) is -7.35. The van der Waals surface area contributed by atoms with Crippen molar-refractivity contribution in [3.05, 3.63) is 29.3 Å². The largest absolute Gasteiger partial charge is 0.330 e. The second-order valence-electron chi connectivity index (χ2n) is 5.40. The summed E-state index contributed by atoms with van der Waals surface area (Å²) in [5.41, 5.74) is 4.99. The zero-order valence-corrected chi connectivity index (χ0v) is 12.0. The Kier molecular flexibility index (Phi) is 4.02. The lowest BCUT2D eigenvalue weighted by Gasteiger charge is -2.22. The highest BCUT2D eigenvalue weighted by atomic mass is 32.2. The van der Waals surface area contributed by atoms with Crippen LogP contribution in [0.15, 0.2) is 11.0 Å². The maximum atomic E-state index is 13.7. The molecule has 4 nitrogen and oxygen atoms in total. The first-order valence-corrected chi connectivity index (χ1v) is 7.59. The van der Waals surface area contributed by atoms with Crippen LogP contribution in [0.1, 0.15) is 13.3 Å². The topological polar surface area (TPSA) is 63.4 Å². The molecule has 1 unspecified atom stereocenters. The van der Waals surface area contributed by atoms with Crippen LogP contribution in [0.25, 0.3) is 0 Å². The van der Waals surface area contributed by atoms with E-state index in [2.05, 4.69) is 0 Å². The lowest BCUT2D eigenvalue weighted by Crippen LogP contribution is -2.35. The average Bonchev–Trinajstić information content (AvgIpc) is 2.81. The van der Waals surface area contributed by atoms with Crippen LogP contribution in [0, 0.1) is 28.7 Å². The fraction of sp³-hybridized carbons (Fsp3) is 0.500. The first-order chi connectivity index (χ1) is 9.62. The van der Waals surface area contributed by atoms with E-state index in [1.807, 2.05) is 0 Å². The van der Waals surface area contributed by atoms with Gasteiger partial charge < -0.3 is 5.73 Å². The fourth-order valence-electron chi connectivity index (χ4n) is 2.26. The monoisotopic (exact) mass is 326 g/mol. The van der Waals surface area contributed by atoms with Crippen LogP contribution in [0.5, 0.6) is 0 Å². The van der Waals surface area contributed by atoms with Gasteiger partial charge in [0.15, 0.2) is 28.2 Å². The van der Waals surface area contributed by atoms with Gasteiger partial charge >= 0.3 is 0 Å². The minimum absolute atomic E-state index is 0.0208. The van der Waals surface area contributed by atoms with E-state index in [4.69, 9.17) is 5.73 Å². The van der Waals surface area contributed by atoms with Crippen LogP contribution >= 0.6 is 0 Å². The molecule has 1 aromatic carbocycles. The number of benzene rings is 1. The predicted octanol–water partition coefficient (Wildman–Crippen LogP) is 1.60. The zero-order chi connectivity index (χ0) is 16.0. The third-order valence-electron chi connectivity index (χ3n) is 3.69. The quantitative estimate of drug-likeness (QED) is 0.678. The Morgan fingerprint density at radius 3 is 2.19 bits per heavy atom. The third-order valence-corrected chi connectivity index (χ3v) is 5.55. The van der Waals surface area contributed by atoms with Crippen LogP contribution in [-0.4, -0.2) is 32.4 Å². The standard InChI is InChI=1S/C12H14F4N2O2S/c1-12(5-17)2-3-18(6-12)21(19,20)11-9(15)7(13)4-8(14)10(11)16/h4H,2-3,5-6,17H2,1H3. The van der Waals surface area contributed by atoms with Gasteiger partial charge in [-0.15, -0.1) is 0 Å². The molecule has 1 atom stereocenters. The summed E-state index contributed by atoms with van der Waals surface area (Å²) < 4.78 is 79.0. The molecular weight excluding hydrogens is 312 g/mol. The number of hydrogen-bond acceptors (Lipinski definition) is 3. The van der Waals surface area contributed by atoms with Crippen molar-refractivity contribution < 1.29 is 26.0 Å². The Morgan fingerprint density at radius 1 is 1.24 bits per heavy atom. The fourth-order valence-corrected chi connectivity index (χ4v) is 3.98. The first-order valence-electron chi connectivity index (χ1n) is 6.15. The number of sulfonamides is 1. The molecule has 1 saturated heterocycles. The molecule has 0 aliphatic carbocycles. The van der Waals surface area contributed by atoms with Gasteiger partial charge in [-0.1, -0.05) is 6.92 Å². The molecule has 2 N–H and O–H groups in total. The van der Waals surface area contributed by atoms with Crippen molar-refractivity contribution in [2.75, 3.05) is 19.6 Å². The molecule has 0 amide bonds. The molecular formula is C12H14F4N2O2S. The Hall–Kier alpha value is -1.19. The van der Waals surface area contributed by atoms with Crippen molar-refractivity contribution in [2.45, 2.75) is 18.2 Å². The van der Waals surface area contributed by atoms with Gasteiger partial charge in [-0.05, 0) is 18.4 Å². The van der Waals surface area contributed by atoms with E-state index in [9.17, 15) is 26.0 Å². The van der Waals surface area contributed by atoms with E-state index < -0.39 is 43.6 Å². The molecule has 1 aliphatic rings. The number of halogens is 4. The van der Waals surface area contributed by atoms with E-state index in [1.165, 1.54) is 0 Å². The van der Waals surface area contributed by atoms with Gasteiger partial charge in [0.1, 0.15) is 0 Å². The zero-order valence-electron chi connectivity index (χ0n) is 11.2. The first kappa shape index (κ1) is 16.2. The summed E-state index contributed by atoms with van der Waals surface area (Å²) in [5, 5.41) is 0. The molecule has 0 spiro atoms. The number of nitrogens with two attached hydrogens (primary N) is 1. The normalized spacial score (nSPS) is 23.7. The highest BCUT2D eigenvalue weighted by Gasteiger charge is 2.42. The Balaban J connectivity index is 2.52. The molecule has 0 saturated carbocycles. The van der Waals surface area contributed by atoms with Gasteiger partial charge in [0.25, 0.3) is 0 Å². The van der Waals surface area contributed by atoms with E-state index in [1.54, 1.807) is 6.92 Å².